The van der Waals surface area contributed by atoms with E-state index in [0.717, 1.165) is 5.56 Å². The molecule has 0 spiro atoms. The zero-order valence-electron chi connectivity index (χ0n) is 27.3. The standard InChI is InChI=1S/C34H43FN2O12/c1-31-12-11-22(38)14-21(31)9-10-23-24-15-26(39)34(44,32(24,2)16-27(40)33(23,31)35)28(41)18-48-30(43)25(36)17-47-29(42)20-7-5-19(6-8-20)4-3-13-49-37(45)46/h5-8,11-12,14,23-27,39-40,44-46H,3-4,9-10,13,15-18,36H2,1-2H3/t23-,24-,25?,26+,27-,31-,32-,33-,34-/m0/s1. The van der Waals surface area contributed by atoms with Gasteiger partial charge in [-0.15, -0.1) is 0 Å². The predicted octanol–water partition coefficient (Wildman–Crippen LogP) is 1.30. The van der Waals surface area contributed by atoms with Crippen molar-refractivity contribution < 1.29 is 63.6 Å². The van der Waals surface area contributed by atoms with Crippen LogP contribution >= 0.6 is 0 Å². The zero-order valence-corrected chi connectivity index (χ0v) is 27.3. The third-order valence-corrected chi connectivity index (χ3v) is 11.3. The Bertz CT molecular complexity index is 1530. The molecule has 0 heterocycles. The van der Waals surface area contributed by atoms with Gasteiger partial charge in [0.2, 0.25) is 5.78 Å². The molecule has 0 amide bonds. The first-order valence-corrected chi connectivity index (χ1v) is 16.2. The van der Waals surface area contributed by atoms with Crippen LogP contribution < -0.4 is 5.73 Å². The number of ether oxygens (including phenoxy) is 2. The molecule has 0 aliphatic heterocycles. The number of aliphatic hydroxyl groups is 3. The molecular formula is C34H43FN2O12. The molecule has 5 rings (SSSR count). The normalized spacial score (nSPS) is 35.6. The molecule has 15 heteroatoms. The number of ketones is 2. The highest BCUT2D eigenvalue weighted by Crippen LogP contribution is 2.69. The summed E-state index contributed by atoms with van der Waals surface area (Å²) in [6.07, 6.45) is 1.94. The number of hydrogen-bond donors (Lipinski definition) is 6. The Kier molecular flexibility index (Phi) is 10.3. The Morgan fingerprint density at radius 3 is 2.45 bits per heavy atom. The molecule has 4 aliphatic carbocycles. The summed E-state index contributed by atoms with van der Waals surface area (Å²) in [5.41, 5.74) is -0.0714. The Labute approximate surface area is 281 Å². The Morgan fingerprint density at radius 2 is 1.78 bits per heavy atom. The first kappa shape index (κ1) is 36.9. The van der Waals surface area contributed by atoms with Crippen molar-refractivity contribution in [2.24, 2.45) is 28.4 Å². The van der Waals surface area contributed by atoms with Gasteiger partial charge in [0.1, 0.15) is 12.6 Å². The second-order valence-corrected chi connectivity index (χ2v) is 13.9. The van der Waals surface area contributed by atoms with Crippen LogP contribution in [-0.4, -0.2) is 104 Å². The fraction of sp³-hybridized carbons (Fsp3) is 0.588. The third kappa shape index (κ3) is 6.27. The van der Waals surface area contributed by atoms with Crippen molar-refractivity contribution in [3.8, 4) is 0 Å². The van der Waals surface area contributed by atoms with E-state index in [4.69, 9.17) is 25.6 Å². The van der Waals surface area contributed by atoms with E-state index in [0.29, 0.717) is 24.8 Å². The van der Waals surface area contributed by atoms with Gasteiger partial charge in [-0.3, -0.25) is 29.6 Å². The fourth-order valence-corrected chi connectivity index (χ4v) is 8.63. The van der Waals surface area contributed by atoms with Crippen molar-refractivity contribution in [3.63, 3.8) is 0 Å². The minimum atomic E-state index is -2.48. The Hall–Kier alpha value is -3.41. The fourth-order valence-electron chi connectivity index (χ4n) is 8.63. The van der Waals surface area contributed by atoms with Gasteiger partial charge in [0.05, 0.1) is 29.8 Å². The van der Waals surface area contributed by atoms with Crippen LogP contribution in [-0.2, 0) is 35.1 Å². The molecule has 1 aromatic rings. The van der Waals surface area contributed by atoms with Crippen LogP contribution in [0.5, 0.6) is 0 Å². The molecule has 3 saturated carbocycles. The maximum absolute atomic E-state index is 17.3. The van der Waals surface area contributed by atoms with Gasteiger partial charge in [-0.25, -0.2) is 9.18 Å². The number of aliphatic hydroxyl groups excluding tert-OH is 2. The number of fused-ring (bicyclic) bond motifs is 5. The summed E-state index contributed by atoms with van der Waals surface area (Å²) < 4.78 is 27.5. The SMILES string of the molecule is C[C@]12C=CC(=O)C=C1CC[C@H]1[C@@H]3C[C@@H](O)[C@](O)(C(=O)COC(=O)C(N)COC(=O)c4ccc(CCCON(O)O)cc4)[C@@]3(C)C[C@H](O)[C@@]12F. The van der Waals surface area contributed by atoms with Gasteiger partial charge in [0, 0.05) is 16.7 Å². The monoisotopic (exact) mass is 690 g/mol. The van der Waals surface area contributed by atoms with E-state index in [2.05, 4.69) is 4.84 Å². The van der Waals surface area contributed by atoms with E-state index in [9.17, 15) is 34.5 Å². The van der Waals surface area contributed by atoms with Crippen molar-refractivity contribution >= 4 is 23.5 Å². The Morgan fingerprint density at radius 1 is 1.08 bits per heavy atom. The highest BCUT2D eigenvalue weighted by molar-refractivity contribution is 6.01. The summed E-state index contributed by atoms with van der Waals surface area (Å²) >= 11 is 0. The maximum Gasteiger partial charge on any atom is 0.338 e. The molecular weight excluding hydrogens is 647 g/mol. The number of Topliss-reactive ketones (excluding diaryl/α,β-unsaturated/α-hetero) is 1. The number of allylic oxidation sites excluding steroid dienone is 4. The van der Waals surface area contributed by atoms with Gasteiger partial charge >= 0.3 is 11.9 Å². The lowest BCUT2D eigenvalue weighted by Gasteiger charge is -2.62. The minimum Gasteiger partial charge on any atom is -0.460 e. The van der Waals surface area contributed by atoms with E-state index in [1.165, 1.54) is 37.3 Å². The first-order valence-electron chi connectivity index (χ1n) is 16.2. The molecule has 7 N–H and O–H groups in total. The number of halogens is 1. The molecule has 268 valence electrons. The lowest BCUT2D eigenvalue weighted by atomic mass is 9.44. The van der Waals surface area contributed by atoms with E-state index < -0.39 is 83.1 Å². The zero-order chi connectivity index (χ0) is 35.9. The number of hydrogen-bond acceptors (Lipinski definition) is 14. The van der Waals surface area contributed by atoms with E-state index in [-0.39, 0.29) is 42.6 Å². The number of rotatable bonds is 12. The van der Waals surface area contributed by atoms with Crippen LogP contribution in [0, 0.1) is 22.7 Å². The second-order valence-electron chi connectivity index (χ2n) is 13.9. The van der Waals surface area contributed by atoms with Gasteiger partial charge < -0.3 is 30.5 Å². The van der Waals surface area contributed by atoms with Crippen LogP contribution in [0.1, 0.15) is 61.9 Å². The lowest BCUT2D eigenvalue weighted by molar-refractivity contribution is -0.492. The molecule has 9 atom stereocenters. The van der Waals surface area contributed by atoms with Crippen LogP contribution in [0.2, 0.25) is 0 Å². The summed E-state index contributed by atoms with van der Waals surface area (Å²) in [4.78, 5) is 55.2. The van der Waals surface area contributed by atoms with Crippen molar-refractivity contribution in [3.05, 3.63) is 59.2 Å². The van der Waals surface area contributed by atoms with Gasteiger partial charge in [0.25, 0.3) is 0 Å². The molecule has 0 saturated heterocycles. The number of alkyl halides is 1. The average Bonchev–Trinajstić information content (AvgIpc) is 3.26. The summed E-state index contributed by atoms with van der Waals surface area (Å²) in [7, 11) is 0. The molecule has 1 unspecified atom stereocenters. The topological polar surface area (TPSA) is 226 Å². The number of aryl methyl sites for hydroxylation is 1. The van der Waals surface area contributed by atoms with Crippen LogP contribution in [0.4, 0.5) is 4.39 Å². The number of esters is 2. The Balaban J connectivity index is 1.18. The molecule has 49 heavy (non-hydrogen) atoms. The van der Waals surface area contributed by atoms with Gasteiger partial charge in [-0.2, -0.15) is 0 Å². The van der Waals surface area contributed by atoms with Gasteiger partial charge in [-0.05, 0) is 81.2 Å². The predicted molar refractivity (Wildman–Crippen MR) is 165 cm³/mol. The molecule has 14 nitrogen and oxygen atoms in total. The van der Waals surface area contributed by atoms with Crippen molar-refractivity contribution in [2.75, 3.05) is 19.8 Å². The second kappa shape index (κ2) is 13.7. The van der Waals surface area contributed by atoms with E-state index in [1.54, 1.807) is 19.1 Å². The molecule has 0 bridgehead atoms. The van der Waals surface area contributed by atoms with Crippen LogP contribution in [0.15, 0.2) is 48.1 Å². The number of benzene rings is 1. The number of carbonyl (C=O) groups is 4. The summed E-state index contributed by atoms with van der Waals surface area (Å²) in [5.74, 6) is -4.77. The minimum absolute atomic E-state index is 0.0561. The summed E-state index contributed by atoms with van der Waals surface area (Å²) in [6.45, 7) is 1.65. The van der Waals surface area contributed by atoms with E-state index >= 15 is 4.39 Å². The lowest BCUT2D eigenvalue weighted by Crippen LogP contribution is -2.69. The summed E-state index contributed by atoms with van der Waals surface area (Å²) in [5, 5.41) is 51.1. The quantitative estimate of drug-likeness (QED) is 0.103. The smallest absolute Gasteiger partial charge is 0.338 e. The van der Waals surface area contributed by atoms with Crippen LogP contribution in [0.3, 0.4) is 0 Å². The molecule has 0 aromatic heterocycles. The van der Waals surface area contributed by atoms with Gasteiger partial charge in [0.15, 0.2) is 23.7 Å². The third-order valence-electron chi connectivity index (χ3n) is 11.3. The van der Waals surface area contributed by atoms with Crippen molar-refractivity contribution in [1.82, 2.24) is 5.39 Å². The van der Waals surface area contributed by atoms with Gasteiger partial charge in [-0.1, -0.05) is 30.7 Å². The highest BCUT2D eigenvalue weighted by Gasteiger charge is 2.76. The molecule has 1 aromatic carbocycles. The first-order chi connectivity index (χ1) is 23.0. The number of carbonyl (C=O) groups excluding carboxylic acids is 4. The largest absolute Gasteiger partial charge is 0.460 e. The number of nitrogens with zero attached hydrogens (tertiary/aromatic N) is 1. The highest BCUT2D eigenvalue weighted by atomic mass is 19.1. The summed E-state index contributed by atoms with van der Waals surface area (Å²) in [6, 6.07) is 4.84. The average molecular weight is 691 g/mol. The van der Waals surface area contributed by atoms with Crippen LogP contribution in [0.25, 0.3) is 0 Å². The molecule has 0 radical (unpaired) electrons. The van der Waals surface area contributed by atoms with Crippen molar-refractivity contribution in [2.45, 2.75) is 81.9 Å². The maximum atomic E-state index is 17.3. The van der Waals surface area contributed by atoms with E-state index in [1.807, 2.05) is 0 Å². The molecule has 4 aliphatic rings. The molecule has 3 fully saturated rings. The van der Waals surface area contributed by atoms with Crippen molar-refractivity contribution in [1.29, 1.82) is 0 Å². The number of nitrogens with two attached hydrogens (primary N) is 1.